The highest BCUT2D eigenvalue weighted by molar-refractivity contribution is 7.89. The molecule has 0 saturated carbocycles. The van der Waals surface area contributed by atoms with Crippen molar-refractivity contribution >= 4 is 61.2 Å². The number of fused-ring (bicyclic) bond motifs is 1. The molecule has 0 atom stereocenters. The summed E-state index contributed by atoms with van der Waals surface area (Å²) in [6.07, 6.45) is 0. The van der Waals surface area contributed by atoms with Crippen LogP contribution in [0.2, 0.25) is 5.02 Å². The number of sulfonamides is 1. The smallest absolute Gasteiger partial charge is 0.238 e. The number of nitrogens with zero attached hydrogens (tertiary/aromatic N) is 3. The Hall–Kier alpha value is -2.60. The maximum atomic E-state index is 13.9. The van der Waals surface area contributed by atoms with Crippen LogP contribution in [0.3, 0.4) is 0 Å². The van der Waals surface area contributed by atoms with E-state index in [1.54, 1.807) is 6.92 Å². The molecule has 1 heterocycles. The van der Waals surface area contributed by atoms with Crippen LogP contribution in [0.5, 0.6) is 5.88 Å². The zero-order valence-electron chi connectivity index (χ0n) is 14.9. The third-order valence-corrected chi connectivity index (χ3v) is 5.45. The molecule has 2 aromatic carbocycles. The normalized spacial score (nSPS) is 12.0. The number of nitrogens with two attached hydrogens (primary N) is 1. The van der Waals surface area contributed by atoms with E-state index >= 15 is 0 Å². The molecule has 3 rings (SSSR count). The van der Waals surface area contributed by atoms with Crippen LogP contribution in [0.4, 0.5) is 15.8 Å². The van der Waals surface area contributed by atoms with Gasteiger partial charge in [0.2, 0.25) is 21.0 Å². The molecule has 8 nitrogen and oxygen atoms in total. The van der Waals surface area contributed by atoms with Crippen molar-refractivity contribution in [3.05, 3.63) is 47.2 Å². The molecule has 0 bridgehead atoms. The quantitative estimate of drug-likeness (QED) is 0.400. The van der Waals surface area contributed by atoms with Crippen molar-refractivity contribution in [2.45, 2.75) is 18.4 Å². The van der Waals surface area contributed by atoms with Gasteiger partial charge in [0.15, 0.2) is 5.69 Å². The maximum Gasteiger partial charge on any atom is 0.238 e. The van der Waals surface area contributed by atoms with Crippen LogP contribution >= 0.6 is 23.8 Å². The van der Waals surface area contributed by atoms with Crippen LogP contribution < -0.4 is 10.5 Å². The molecule has 0 aliphatic carbocycles. The lowest BCUT2D eigenvalue weighted by molar-refractivity contribution is 0.427. The molecule has 0 aliphatic heterocycles. The predicted octanol–water partition coefficient (Wildman–Crippen LogP) is 4.29. The number of halogens is 2. The lowest BCUT2D eigenvalue weighted by atomic mass is 10.2. The van der Waals surface area contributed by atoms with E-state index in [2.05, 4.69) is 15.5 Å². The molecule has 1 aromatic heterocycles. The Morgan fingerprint density at radius 1 is 1.34 bits per heavy atom. The average molecular weight is 456 g/mol. The lowest BCUT2D eigenvalue weighted by Gasteiger charge is -2.04. The van der Waals surface area contributed by atoms with Crippen molar-refractivity contribution in [2.24, 2.45) is 15.4 Å². The highest BCUT2D eigenvalue weighted by Crippen LogP contribution is 2.40. The van der Waals surface area contributed by atoms with Gasteiger partial charge in [0, 0.05) is 17.6 Å². The van der Waals surface area contributed by atoms with Crippen LogP contribution in [-0.4, -0.2) is 23.2 Å². The number of aromatic hydroxyl groups is 1. The monoisotopic (exact) mass is 455 g/mol. The zero-order chi connectivity index (χ0) is 21.3. The van der Waals surface area contributed by atoms with Gasteiger partial charge in [-0.1, -0.05) is 11.6 Å². The largest absolute Gasteiger partial charge is 0.493 e. The van der Waals surface area contributed by atoms with Crippen molar-refractivity contribution in [3.8, 4) is 5.88 Å². The first kappa shape index (κ1) is 21.1. The molecular formula is C17H15ClFN5O3S2. The second-order valence-electron chi connectivity index (χ2n) is 5.90. The molecule has 0 unspecified atom stereocenters. The van der Waals surface area contributed by atoms with E-state index < -0.39 is 15.8 Å². The molecular weight excluding hydrogens is 441 g/mol. The number of azo groups is 1. The highest BCUT2D eigenvalue weighted by atomic mass is 35.5. The standard InChI is InChI=1S/C17H15ClFN5O3S2/c1-2-24-14-8-12(18)13(19)7-11(14)15(16(24)25)22-23-17(28)21-9-3-5-10(6-4-9)29(20,26)27/h3-8,25H,2H2,1H3,(H,21,28)(H2,20,26,27). The van der Waals surface area contributed by atoms with E-state index in [0.29, 0.717) is 23.1 Å². The molecule has 0 fully saturated rings. The summed E-state index contributed by atoms with van der Waals surface area (Å²) in [4.78, 5) is -0.0476. The molecule has 0 spiro atoms. The number of primary sulfonamides is 1. The minimum Gasteiger partial charge on any atom is -0.493 e. The number of anilines is 1. The van der Waals surface area contributed by atoms with Gasteiger partial charge in [-0.25, -0.2) is 17.9 Å². The fraction of sp³-hybridized carbons (Fsp3) is 0.118. The Morgan fingerprint density at radius 2 is 2.00 bits per heavy atom. The summed E-state index contributed by atoms with van der Waals surface area (Å²) in [6, 6.07) is 8.10. The van der Waals surface area contributed by atoms with Gasteiger partial charge in [0.05, 0.1) is 15.4 Å². The van der Waals surface area contributed by atoms with E-state index in [-0.39, 0.29) is 26.6 Å². The van der Waals surface area contributed by atoms with Gasteiger partial charge in [-0.15, -0.1) is 10.2 Å². The summed E-state index contributed by atoms with van der Waals surface area (Å²) >= 11 is 10.9. The van der Waals surface area contributed by atoms with Gasteiger partial charge in [-0.2, -0.15) is 0 Å². The summed E-state index contributed by atoms with van der Waals surface area (Å²) in [6.45, 7) is 2.20. The summed E-state index contributed by atoms with van der Waals surface area (Å²) in [5.74, 6) is -0.854. The highest BCUT2D eigenvalue weighted by Gasteiger charge is 2.18. The third-order valence-electron chi connectivity index (χ3n) is 4.04. The van der Waals surface area contributed by atoms with Crippen LogP contribution in [0.15, 0.2) is 51.5 Å². The second-order valence-corrected chi connectivity index (χ2v) is 8.25. The number of rotatable bonds is 4. The van der Waals surface area contributed by atoms with Crippen LogP contribution in [0.1, 0.15) is 6.92 Å². The van der Waals surface area contributed by atoms with Gasteiger partial charge in [-0.3, -0.25) is 0 Å². The number of aryl methyl sites for hydroxylation is 1. The molecule has 0 radical (unpaired) electrons. The summed E-state index contributed by atoms with van der Waals surface area (Å²) in [5, 5.41) is 26.2. The van der Waals surface area contributed by atoms with Crippen molar-refractivity contribution < 1.29 is 17.9 Å². The Balaban J connectivity index is 1.88. The minimum absolute atomic E-state index is 0.0474. The van der Waals surface area contributed by atoms with E-state index in [4.69, 9.17) is 29.0 Å². The van der Waals surface area contributed by atoms with Gasteiger partial charge in [0.1, 0.15) is 5.82 Å². The molecule has 0 saturated heterocycles. The number of thiocarbonyl (C=S) groups is 1. The minimum atomic E-state index is -3.80. The molecule has 4 N–H and O–H groups in total. The molecule has 152 valence electrons. The van der Waals surface area contributed by atoms with E-state index in [9.17, 15) is 17.9 Å². The summed E-state index contributed by atoms with van der Waals surface area (Å²) in [7, 11) is -3.80. The van der Waals surface area contributed by atoms with Gasteiger partial charge >= 0.3 is 0 Å². The predicted molar refractivity (Wildman–Crippen MR) is 113 cm³/mol. The van der Waals surface area contributed by atoms with Crippen LogP contribution in [0.25, 0.3) is 10.9 Å². The summed E-state index contributed by atoms with van der Waals surface area (Å²) in [5.41, 5.74) is 1.01. The average Bonchev–Trinajstić information content (AvgIpc) is 2.90. The Labute approximate surface area is 175 Å². The van der Waals surface area contributed by atoms with Crippen molar-refractivity contribution in [1.82, 2.24) is 4.57 Å². The number of hydrogen-bond acceptors (Lipinski definition) is 5. The number of hydrogen-bond donors (Lipinski definition) is 3. The maximum absolute atomic E-state index is 13.9. The third kappa shape index (κ3) is 4.37. The Kier molecular flexibility index (Phi) is 5.85. The van der Waals surface area contributed by atoms with Crippen LogP contribution in [-0.2, 0) is 16.6 Å². The number of aromatic nitrogens is 1. The first-order chi connectivity index (χ1) is 13.6. The van der Waals surface area contributed by atoms with Crippen molar-refractivity contribution in [1.29, 1.82) is 0 Å². The second kappa shape index (κ2) is 8.03. The Bertz CT molecular complexity index is 1240. The fourth-order valence-electron chi connectivity index (χ4n) is 2.70. The molecule has 0 aliphatic rings. The van der Waals surface area contributed by atoms with E-state index in [1.807, 2.05) is 0 Å². The van der Waals surface area contributed by atoms with E-state index in [0.717, 1.165) is 0 Å². The molecule has 3 aromatic rings. The number of benzene rings is 2. The SMILES string of the molecule is CCn1c(O)c(N=NC(=S)Nc2ccc(S(N)(=O)=O)cc2)c2cc(F)c(Cl)cc21. The zero-order valence-corrected chi connectivity index (χ0v) is 17.3. The van der Waals surface area contributed by atoms with Gasteiger partial charge < -0.3 is 15.0 Å². The topological polar surface area (TPSA) is 122 Å². The van der Waals surface area contributed by atoms with Gasteiger partial charge in [-0.05, 0) is 55.5 Å². The van der Waals surface area contributed by atoms with E-state index in [1.165, 1.54) is 41.0 Å². The lowest BCUT2D eigenvalue weighted by Crippen LogP contribution is -2.12. The van der Waals surface area contributed by atoms with Gasteiger partial charge in [0.25, 0.3) is 0 Å². The first-order valence-corrected chi connectivity index (χ1v) is 10.5. The Morgan fingerprint density at radius 3 is 2.59 bits per heavy atom. The summed E-state index contributed by atoms with van der Waals surface area (Å²) < 4.78 is 38.0. The fourth-order valence-corrected chi connectivity index (χ4v) is 3.53. The molecule has 29 heavy (non-hydrogen) atoms. The molecule has 0 amide bonds. The van der Waals surface area contributed by atoms with Crippen LogP contribution in [0, 0.1) is 5.82 Å². The number of nitrogens with one attached hydrogen (secondary N) is 1. The van der Waals surface area contributed by atoms with Crippen molar-refractivity contribution in [2.75, 3.05) is 5.32 Å². The van der Waals surface area contributed by atoms with Crippen molar-refractivity contribution in [3.63, 3.8) is 0 Å². The molecule has 12 heteroatoms. The first-order valence-electron chi connectivity index (χ1n) is 8.17.